The van der Waals surface area contributed by atoms with Gasteiger partial charge in [-0.25, -0.2) is 14.5 Å². The van der Waals surface area contributed by atoms with Gasteiger partial charge in [0.2, 0.25) is 0 Å². The summed E-state index contributed by atoms with van der Waals surface area (Å²) in [4.78, 5) is 16.5. The summed E-state index contributed by atoms with van der Waals surface area (Å²) in [6.07, 6.45) is 3.40. The first kappa shape index (κ1) is 24.1. The standard InChI is InChI=1S/C31H24N6O2S/c1-21(25-15-9-17-40-25)35-39-19-26-33-31-28-27(22-10-4-2-5-11-22)29(23-12-6-3-7-13-23)36(18-24-14-8-16-38-24)30(28)32-20-37(31)34-26/h2-17,20H,18-19H2,1H3/b35-21-. The predicted molar refractivity (Wildman–Crippen MR) is 156 cm³/mol. The smallest absolute Gasteiger partial charge is 0.192 e. The maximum atomic E-state index is 5.76. The summed E-state index contributed by atoms with van der Waals surface area (Å²) in [5.74, 6) is 1.36. The average molecular weight is 545 g/mol. The molecule has 9 heteroatoms. The molecule has 8 nitrogen and oxygen atoms in total. The molecule has 40 heavy (non-hydrogen) atoms. The summed E-state index contributed by atoms with van der Waals surface area (Å²) in [6.45, 7) is 2.59. The zero-order chi connectivity index (χ0) is 26.9. The van der Waals surface area contributed by atoms with Crippen molar-refractivity contribution in [3.05, 3.63) is 119 Å². The highest BCUT2D eigenvalue weighted by atomic mass is 32.1. The average Bonchev–Trinajstić information content (AvgIpc) is 3.81. The fourth-order valence-corrected chi connectivity index (χ4v) is 5.62. The summed E-state index contributed by atoms with van der Waals surface area (Å²) in [5.41, 5.74) is 6.54. The number of benzene rings is 2. The van der Waals surface area contributed by atoms with Crippen LogP contribution in [0.1, 0.15) is 23.4 Å². The summed E-state index contributed by atoms with van der Waals surface area (Å²) in [7, 11) is 0. The van der Waals surface area contributed by atoms with E-state index < -0.39 is 0 Å². The second-order valence-corrected chi connectivity index (χ2v) is 10.2. The molecule has 0 saturated heterocycles. The molecule has 0 aliphatic rings. The molecule has 0 fully saturated rings. The Bertz CT molecular complexity index is 1920. The number of aromatic nitrogens is 5. The predicted octanol–water partition coefficient (Wildman–Crippen LogP) is 7.06. The zero-order valence-electron chi connectivity index (χ0n) is 21.6. The third-order valence-corrected chi connectivity index (χ3v) is 7.68. The van der Waals surface area contributed by atoms with Gasteiger partial charge in [0.15, 0.2) is 18.1 Å². The van der Waals surface area contributed by atoms with Crippen LogP contribution >= 0.6 is 11.3 Å². The van der Waals surface area contributed by atoms with E-state index in [1.807, 2.05) is 73.0 Å². The topological polar surface area (TPSA) is 82.7 Å². The van der Waals surface area contributed by atoms with Gasteiger partial charge in [0.25, 0.3) is 0 Å². The van der Waals surface area contributed by atoms with Crippen molar-refractivity contribution in [3.8, 4) is 22.4 Å². The molecule has 0 spiro atoms. The molecule has 196 valence electrons. The van der Waals surface area contributed by atoms with E-state index in [0.29, 0.717) is 18.0 Å². The highest BCUT2D eigenvalue weighted by Crippen LogP contribution is 2.42. The van der Waals surface area contributed by atoms with Crippen LogP contribution in [0.5, 0.6) is 0 Å². The Hall–Kier alpha value is -5.02. The van der Waals surface area contributed by atoms with Crippen molar-refractivity contribution in [2.75, 3.05) is 0 Å². The lowest BCUT2D eigenvalue weighted by Crippen LogP contribution is -2.03. The first-order valence-corrected chi connectivity index (χ1v) is 13.7. The van der Waals surface area contributed by atoms with Crippen LogP contribution in [0.4, 0.5) is 0 Å². The number of furan rings is 1. The van der Waals surface area contributed by atoms with E-state index >= 15 is 0 Å². The van der Waals surface area contributed by atoms with E-state index in [-0.39, 0.29) is 6.61 Å². The Morgan fingerprint density at radius 2 is 1.73 bits per heavy atom. The van der Waals surface area contributed by atoms with Crippen LogP contribution in [0.2, 0.25) is 0 Å². The molecule has 0 amide bonds. The first-order valence-electron chi connectivity index (χ1n) is 12.9. The Balaban J connectivity index is 1.42. The van der Waals surface area contributed by atoms with Crippen molar-refractivity contribution in [2.45, 2.75) is 20.1 Å². The van der Waals surface area contributed by atoms with Crippen LogP contribution in [0, 0.1) is 0 Å². The van der Waals surface area contributed by atoms with Gasteiger partial charge in [-0.3, -0.25) is 0 Å². The van der Waals surface area contributed by atoms with Gasteiger partial charge >= 0.3 is 0 Å². The largest absolute Gasteiger partial charge is 0.467 e. The van der Waals surface area contributed by atoms with Crippen molar-refractivity contribution in [1.82, 2.24) is 24.1 Å². The van der Waals surface area contributed by atoms with Crippen LogP contribution in [-0.4, -0.2) is 29.9 Å². The van der Waals surface area contributed by atoms with Gasteiger partial charge in [0.05, 0.1) is 34.5 Å². The van der Waals surface area contributed by atoms with Crippen molar-refractivity contribution in [2.24, 2.45) is 5.16 Å². The number of oxime groups is 1. The zero-order valence-corrected chi connectivity index (χ0v) is 22.5. The number of fused-ring (bicyclic) bond motifs is 3. The summed E-state index contributed by atoms with van der Waals surface area (Å²) in [6, 6.07) is 28.6. The van der Waals surface area contributed by atoms with Gasteiger partial charge in [-0.2, -0.15) is 0 Å². The number of hydrogen-bond acceptors (Lipinski definition) is 7. The number of nitrogens with zero attached hydrogens (tertiary/aromatic N) is 6. The van der Waals surface area contributed by atoms with Crippen LogP contribution in [-0.2, 0) is 18.0 Å². The lowest BCUT2D eigenvalue weighted by atomic mass is 9.99. The highest BCUT2D eigenvalue weighted by molar-refractivity contribution is 7.12. The van der Waals surface area contributed by atoms with Crippen LogP contribution < -0.4 is 0 Å². The molecule has 0 radical (unpaired) electrons. The van der Waals surface area contributed by atoms with Crippen molar-refractivity contribution in [3.63, 3.8) is 0 Å². The lowest BCUT2D eigenvalue weighted by molar-refractivity contribution is 0.125. The Morgan fingerprint density at radius 1 is 0.925 bits per heavy atom. The number of rotatable bonds is 8. The van der Waals surface area contributed by atoms with Gasteiger partial charge in [-0.05, 0) is 41.6 Å². The number of hydrogen-bond donors (Lipinski definition) is 0. The second kappa shape index (κ2) is 10.3. The van der Waals surface area contributed by atoms with E-state index in [1.54, 1.807) is 28.4 Å². The molecule has 0 aliphatic heterocycles. The molecule has 7 aromatic rings. The Kier molecular flexibility index (Phi) is 6.18. The minimum Gasteiger partial charge on any atom is -0.467 e. The fraction of sp³-hybridized carbons (Fsp3) is 0.0968. The number of thiophene rings is 1. The third kappa shape index (κ3) is 4.36. The van der Waals surface area contributed by atoms with Gasteiger partial charge < -0.3 is 13.8 Å². The van der Waals surface area contributed by atoms with Crippen LogP contribution in [0.25, 0.3) is 39.1 Å². The van der Waals surface area contributed by atoms with Crippen molar-refractivity contribution in [1.29, 1.82) is 0 Å². The van der Waals surface area contributed by atoms with Gasteiger partial charge in [0, 0.05) is 5.56 Å². The lowest BCUT2D eigenvalue weighted by Gasteiger charge is -2.11. The molecule has 0 saturated carbocycles. The molecule has 0 N–H and O–H groups in total. The van der Waals surface area contributed by atoms with E-state index in [2.05, 4.69) is 39.1 Å². The first-order chi connectivity index (χ1) is 19.8. The molecule has 2 aromatic carbocycles. The Labute approximate surface area is 233 Å². The van der Waals surface area contributed by atoms with Crippen LogP contribution in [0.3, 0.4) is 0 Å². The minimum absolute atomic E-state index is 0.144. The monoisotopic (exact) mass is 544 g/mol. The molecule has 0 unspecified atom stereocenters. The van der Waals surface area contributed by atoms with Crippen molar-refractivity contribution >= 4 is 33.7 Å². The van der Waals surface area contributed by atoms with Crippen LogP contribution in [0.15, 0.2) is 112 Å². The van der Waals surface area contributed by atoms with Crippen molar-refractivity contribution < 1.29 is 9.25 Å². The SMILES string of the molecule is C/C(=N/OCc1nc2c3c(-c4ccccc4)c(-c4ccccc4)n(Cc4ccco4)c3ncn2n1)c1cccs1. The molecule has 5 aromatic heterocycles. The molecule has 0 bridgehead atoms. The van der Waals surface area contributed by atoms with Gasteiger partial charge in [-0.1, -0.05) is 71.9 Å². The molecular weight excluding hydrogens is 520 g/mol. The second-order valence-electron chi connectivity index (χ2n) is 9.29. The summed E-state index contributed by atoms with van der Waals surface area (Å²) >= 11 is 1.62. The Morgan fingerprint density at radius 3 is 2.45 bits per heavy atom. The molecular formula is C31H24N6O2S. The minimum atomic E-state index is 0.144. The van der Waals surface area contributed by atoms with E-state index in [1.165, 1.54) is 0 Å². The summed E-state index contributed by atoms with van der Waals surface area (Å²) in [5, 5.41) is 11.9. The van der Waals surface area contributed by atoms with Gasteiger partial charge in [-0.15, -0.1) is 16.4 Å². The van der Waals surface area contributed by atoms with Gasteiger partial charge in [0.1, 0.15) is 17.7 Å². The fourth-order valence-electron chi connectivity index (χ4n) is 4.95. The maximum absolute atomic E-state index is 5.76. The third-order valence-electron chi connectivity index (χ3n) is 6.70. The molecule has 0 atom stereocenters. The highest BCUT2D eigenvalue weighted by Gasteiger charge is 2.25. The summed E-state index contributed by atoms with van der Waals surface area (Å²) < 4.78 is 9.68. The normalized spacial score (nSPS) is 12.0. The molecule has 0 aliphatic carbocycles. The quantitative estimate of drug-likeness (QED) is 0.151. The van der Waals surface area contributed by atoms with E-state index in [9.17, 15) is 0 Å². The maximum Gasteiger partial charge on any atom is 0.192 e. The molecule has 7 rings (SSSR count). The van der Waals surface area contributed by atoms with E-state index in [0.717, 1.165) is 49.8 Å². The molecule has 5 heterocycles. The van der Waals surface area contributed by atoms with E-state index in [4.69, 9.17) is 19.2 Å².